The Morgan fingerprint density at radius 2 is 1.46 bits per heavy atom. The quantitative estimate of drug-likeness (QED) is 0.624. The van der Waals surface area contributed by atoms with Gasteiger partial charge in [-0.25, -0.2) is 4.79 Å². The Morgan fingerprint density at radius 1 is 0.929 bits per heavy atom. The number of hydrogen-bond donors (Lipinski definition) is 1. The average molecular weight is 390 g/mol. The second-order valence-electron chi connectivity index (χ2n) is 8.27. The van der Waals surface area contributed by atoms with Crippen LogP contribution in [0.4, 0.5) is 0 Å². The van der Waals surface area contributed by atoms with Gasteiger partial charge in [-0.3, -0.25) is 0 Å². The smallest absolute Gasteiger partial charge is 0.331 e. The van der Waals surface area contributed by atoms with Crippen molar-refractivity contribution < 1.29 is 33.6 Å². The molecule has 1 aliphatic carbocycles. The van der Waals surface area contributed by atoms with Gasteiger partial charge in [-0.2, -0.15) is 0 Å². The number of benzene rings is 1. The summed E-state index contributed by atoms with van der Waals surface area (Å²) in [5.74, 6) is -2.33. The largest absolute Gasteiger partial charge is 0.453 e. The molecule has 1 saturated carbocycles. The molecule has 0 spiro atoms. The molecule has 1 aromatic rings. The van der Waals surface area contributed by atoms with Gasteiger partial charge in [-0.05, 0) is 39.3 Å². The average Bonchev–Trinajstić information content (AvgIpc) is 3.13. The second kappa shape index (κ2) is 6.93. The van der Waals surface area contributed by atoms with Gasteiger partial charge in [0, 0.05) is 6.08 Å². The number of carbonyl (C=O) groups excluding carboxylic acids is 1. The molecule has 3 fully saturated rings. The second-order valence-corrected chi connectivity index (χ2v) is 8.27. The molecule has 7 heteroatoms. The number of esters is 1. The van der Waals surface area contributed by atoms with E-state index < -0.39 is 54.2 Å². The maximum absolute atomic E-state index is 12.4. The highest BCUT2D eigenvalue weighted by Gasteiger charge is 2.64. The summed E-state index contributed by atoms with van der Waals surface area (Å²) in [6.45, 7) is 7.11. The Hall–Kier alpha value is -1.77. The van der Waals surface area contributed by atoms with E-state index in [-0.39, 0.29) is 0 Å². The summed E-state index contributed by atoms with van der Waals surface area (Å²) in [5, 5.41) is 10.9. The van der Waals surface area contributed by atoms with Crippen LogP contribution >= 0.6 is 0 Å². The molecule has 0 aromatic heterocycles. The molecule has 6 atom stereocenters. The zero-order valence-corrected chi connectivity index (χ0v) is 16.4. The molecule has 7 nitrogen and oxygen atoms in total. The minimum atomic E-state index is -1.10. The highest BCUT2D eigenvalue weighted by molar-refractivity contribution is 5.87. The number of aliphatic hydroxyl groups is 1. The molecule has 152 valence electrons. The zero-order valence-electron chi connectivity index (χ0n) is 16.4. The fourth-order valence-corrected chi connectivity index (χ4v) is 4.08. The number of aliphatic hydroxyl groups excluding tert-OH is 1. The summed E-state index contributed by atoms with van der Waals surface area (Å²) in [6, 6.07) is 9.41. The Kier molecular flexibility index (Phi) is 4.84. The number of hydrogen-bond acceptors (Lipinski definition) is 7. The van der Waals surface area contributed by atoms with Gasteiger partial charge in [0.05, 0.1) is 0 Å². The van der Waals surface area contributed by atoms with Crippen molar-refractivity contribution >= 4 is 12.0 Å². The minimum Gasteiger partial charge on any atom is -0.453 e. The third-order valence-electron chi connectivity index (χ3n) is 5.11. The summed E-state index contributed by atoms with van der Waals surface area (Å²) in [5.41, 5.74) is 0.873. The van der Waals surface area contributed by atoms with Crippen molar-refractivity contribution in [1.82, 2.24) is 0 Å². The number of carbonyl (C=O) groups is 1. The molecule has 0 bridgehead atoms. The Labute approximate surface area is 164 Å². The molecule has 0 unspecified atom stereocenters. The van der Waals surface area contributed by atoms with E-state index in [0.29, 0.717) is 0 Å². The van der Waals surface area contributed by atoms with Gasteiger partial charge in [-0.15, -0.1) is 0 Å². The molecule has 1 aromatic carbocycles. The standard InChI is InChI=1S/C21H26O7/c1-20(2)25-16-14(23)15(17-19(18(16)27-20)28-21(3,4)26-17)24-13(22)11-10-12-8-6-5-7-9-12/h5-11,14-19,23H,1-4H3/b11-10+/t14-,15-,16-,17-,18-,19-/m1/s1. The summed E-state index contributed by atoms with van der Waals surface area (Å²) in [4.78, 5) is 12.4. The van der Waals surface area contributed by atoms with Crippen molar-refractivity contribution in [2.75, 3.05) is 0 Å². The molecule has 2 heterocycles. The molecular formula is C21H26O7. The van der Waals surface area contributed by atoms with Crippen molar-refractivity contribution in [2.24, 2.45) is 0 Å². The topological polar surface area (TPSA) is 83.5 Å². The Bertz CT molecular complexity index is 757. The van der Waals surface area contributed by atoms with Crippen LogP contribution in [0.3, 0.4) is 0 Å². The first-order valence-corrected chi connectivity index (χ1v) is 9.48. The lowest BCUT2D eigenvalue weighted by molar-refractivity contribution is -0.196. The molecule has 1 N–H and O–H groups in total. The van der Waals surface area contributed by atoms with E-state index in [1.165, 1.54) is 6.08 Å². The van der Waals surface area contributed by atoms with Gasteiger partial charge >= 0.3 is 5.97 Å². The molecule has 2 aliphatic heterocycles. The zero-order chi connectivity index (χ0) is 20.1. The van der Waals surface area contributed by atoms with Crippen LogP contribution in [0.2, 0.25) is 0 Å². The van der Waals surface area contributed by atoms with Crippen molar-refractivity contribution in [3.63, 3.8) is 0 Å². The first-order chi connectivity index (χ1) is 13.2. The molecule has 0 radical (unpaired) electrons. The van der Waals surface area contributed by atoms with E-state index in [2.05, 4.69) is 0 Å². The fourth-order valence-electron chi connectivity index (χ4n) is 4.08. The van der Waals surface area contributed by atoms with Crippen LogP contribution in [-0.4, -0.2) is 59.3 Å². The summed E-state index contributed by atoms with van der Waals surface area (Å²) < 4.78 is 29.4. The number of ether oxygens (including phenoxy) is 5. The van der Waals surface area contributed by atoms with Crippen molar-refractivity contribution in [3.8, 4) is 0 Å². The van der Waals surface area contributed by atoms with E-state index in [9.17, 15) is 9.90 Å². The van der Waals surface area contributed by atoms with Gasteiger partial charge in [-0.1, -0.05) is 30.3 Å². The van der Waals surface area contributed by atoms with Gasteiger partial charge in [0.1, 0.15) is 30.5 Å². The maximum atomic E-state index is 12.4. The van der Waals surface area contributed by atoms with Gasteiger partial charge in [0.25, 0.3) is 0 Å². The van der Waals surface area contributed by atoms with Crippen molar-refractivity contribution in [1.29, 1.82) is 0 Å². The number of rotatable bonds is 3. The summed E-state index contributed by atoms with van der Waals surface area (Å²) in [6.07, 6.45) is -1.39. The SMILES string of the molecule is CC1(C)O[C@@H]2[C@H](O1)[C@H](OC(=O)/C=C/c1ccccc1)[C@@H](O)[C@H]1OC(C)(C)O[C@@H]21. The van der Waals surface area contributed by atoms with Crippen LogP contribution in [0.25, 0.3) is 6.08 Å². The van der Waals surface area contributed by atoms with Crippen LogP contribution in [0.1, 0.15) is 33.3 Å². The van der Waals surface area contributed by atoms with E-state index in [0.717, 1.165) is 5.56 Å². The fraction of sp³-hybridized carbons (Fsp3) is 0.571. The van der Waals surface area contributed by atoms with E-state index in [1.54, 1.807) is 33.8 Å². The van der Waals surface area contributed by atoms with E-state index in [1.807, 2.05) is 30.3 Å². The van der Waals surface area contributed by atoms with Crippen LogP contribution in [-0.2, 0) is 28.5 Å². The van der Waals surface area contributed by atoms with Crippen LogP contribution < -0.4 is 0 Å². The van der Waals surface area contributed by atoms with Crippen molar-refractivity contribution in [3.05, 3.63) is 42.0 Å². The van der Waals surface area contributed by atoms with Gasteiger partial charge in [0.15, 0.2) is 17.7 Å². The third-order valence-corrected chi connectivity index (χ3v) is 5.11. The molecule has 2 saturated heterocycles. The molecule has 4 rings (SSSR count). The Balaban J connectivity index is 1.54. The third kappa shape index (κ3) is 3.73. The first kappa shape index (κ1) is 19.5. The van der Waals surface area contributed by atoms with E-state index >= 15 is 0 Å². The summed E-state index contributed by atoms with van der Waals surface area (Å²) >= 11 is 0. The summed E-state index contributed by atoms with van der Waals surface area (Å²) in [7, 11) is 0. The first-order valence-electron chi connectivity index (χ1n) is 9.48. The number of fused-ring (bicyclic) bond motifs is 3. The highest BCUT2D eigenvalue weighted by Crippen LogP contribution is 2.45. The van der Waals surface area contributed by atoms with Crippen molar-refractivity contribution in [2.45, 2.75) is 75.9 Å². The Morgan fingerprint density at radius 3 is 2.11 bits per heavy atom. The van der Waals surface area contributed by atoms with Gasteiger partial charge in [0.2, 0.25) is 0 Å². The highest BCUT2D eigenvalue weighted by atomic mass is 16.8. The predicted molar refractivity (Wildman–Crippen MR) is 99.0 cm³/mol. The lowest BCUT2D eigenvalue weighted by atomic mass is 9.85. The van der Waals surface area contributed by atoms with Gasteiger partial charge < -0.3 is 28.8 Å². The molecular weight excluding hydrogens is 364 g/mol. The predicted octanol–water partition coefficient (Wildman–Crippen LogP) is 2.03. The van der Waals surface area contributed by atoms with Crippen LogP contribution in [0, 0.1) is 0 Å². The molecule has 3 aliphatic rings. The maximum Gasteiger partial charge on any atom is 0.331 e. The minimum absolute atomic E-state index is 0.508. The monoisotopic (exact) mass is 390 g/mol. The molecule has 0 amide bonds. The van der Waals surface area contributed by atoms with Crippen LogP contribution in [0.5, 0.6) is 0 Å². The van der Waals surface area contributed by atoms with Crippen LogP contribution in [0.15, 0.2) is 36.4 Å². The lowest BCUT2D eigenvalue weighted by Gasteiger charge is -2.40. The normalized spacial score (nSPS) is 38.2. The van der Waals surface area contributed by atoms with E-state index in [4.69, 9.17) is 23.7 Å². The molecule has 28 heavy (non-hydrogen) atoms. The lowest BCUT2D eigenvalue weighted by Crippen LogP contribution is -2.62.